The van der Waals surface area contributed by atoms with Gasteiger partial charge in [0.25, 0.3) is 0 Å². The van der Waals surface area contributed by atoms with E-state index in [0.717, 1.165) is 17.5 Å². The first-order valence-corrected chi connectivity index (χ1v) is 7.67. The van der Waals surface area contributed by atoms with E-state index in [1.165, 1.54) is 36.1 Å². The lowest BCUT2D eigenvalue weighted by molar-refractivity contribution is 0.438. The molecule has 2 nitrogen and oxygen atoms in total. The van der Waals surface area contributed by atoms with Crippen molar-refractivity contribution in [2.45, 2.75) is 33.1 Å². The van der Waals surface area contributed by atoms with Crippen LogP contribution in [0.25, 0.3) is 0 Å². The molecule has 0 bridgehead atoms. The molecule has 0 saturated carbocycles. The standard InChI is InChI=1S/C15H20N2S/c1-15(2)9-16-14(18-10-15)17-13-7-6-11-4-3-5-12(11)8-13/h6-8H,3-5,9-10H2,1-2H3,(H,16,17). The van der Waals surface area contributed by atoms with Gasteiger partial charge in [-0.25, -0.2) is 0 Å². The fourth-order valence-electron chi connectivity index (χ4n) is 2.49. The minimum atomic E-state index is 0.341. The molecule has 0 spiro atoms. The third-order valence-electron chi connectivity index (χ3n) is 3.60. The maximum atomic E-state index is 4.64. The van der Waals surface area contributed by atoms with Gasteiger partial charge in [0.2, 0.25) is 0 Å². The van der Waals surface area contributed by atoms with E-state index in [4.69, 9.17) is 0 Å². The second-order valence-electron chi connectivity index (χ2n) is 6.04. The lowest BCUT2D eigenvalue weighted by atomic mass is 9.97. The van der Waals surface area contributed by atoms with Gasteiger partial charge >= 0.3 is 0 Å². The first-order chi connectivity index (χ1) is 8.62. The van der Waals surface area contributed by atoms with Crippen LogP contribution in [-0.4, -0.2) is 17.5 Å². The zero-order valence-corrected chi connectivity index (χ0v) is 11.9. The second kappa shape index (κ2) is 4.61. The largest absolute Gasteiger partial charge is 0.335 e. The predicted molar refractivity (Wildman–Crippen MR) is 80.6 cm³/mol. The van der Waals surface area contributed by atoms with Crippen LogP contribution < -0.4 is 5.32 Å². The Morgan fingerprint density at radius 2 is 2.06 bits per heavy atom. The molecule has 0 amide bonds. The van der Waals surface area contributed by atoms with Crippen LogP contribution in [0.5, 0.6) is 0 Å². The number of nitrogens with zero attached hydrogens (tertiary/aromatic N) is 1. The van der Waals surface area contributed by atoms with E-state index < -0.39 is 0 Å². The van der Waals surface area contributed by atoms with Crippen molar-refractivity contribution >= 4 is 22.6 Å². The summed E-state index contributed by atoms with van der Waals surface area (Å²) in [6, 6.07) is 6.75. The summed E-state index contributed by atoms with van der Waals surface area (Å²) in [7, 11) is 0. The Kier molecular flexibility index (Phi) is 3.10. The number of anilines is 1. The number of fused-ring (bicyclic) bond motifs is 1. The van der Waals surface area contributed by atoms with Gasteiger partial charge in [-0.05, 0) is 47.9 Å². The highest BCUT2D eigenvalue weighted by atomic mass is 32.2. The summed E-state index contributed by atoms with van der Waals surface area (Å²) in [6.07, 6.45) is 3.79. The molecule has 1 aromatic rings. The monoisotopic (exact) mass is 260 g/mol. The minimum Gasteiger partial charge on any atom is -0.335 e. The summed E-state index contributed by atoms with van der Waals surface area (Å²) in [5.74, 6) is 1.14. The van der Waals surface area contributed by atoms with Gasteiger partial charge in [-0.2, -0.15) is 0 Å². The number of thioether (sulfide) groups is 1. The average molecular weight is 260 g/mol. The molecule has 0 aromatic heterocycles. The topological polar surface area (TPSA) is 24.4 Å². The van der Waals surface area contributed by atoms with Crippen molar-refractivity contribution in [1.29, 1.82) is 0 Å². The highest BCUT2D eigenvalue weighted by molar-refractivity contribution is 8.14. The second-order valence-corrected chi connectivity index (χ2v) is 7.00. The molecule has 96 valence electrons. The van der Waals surface area contributed by atoms with Crippen molar-refractivity contribution in [1.82, 2.24) is 0 Å². The SMILES string of the molecule is CC1(C)CN=C(Nc2ccc3c(c2)CCC3)SC1. The van der Waals surface area contributed by atoms with E-state index in [0.29, 0.717) is 5.41 Å². The van der Waals surface area contributed by atoms with E-state index >= 15 is 0 Å². The minimum absolute atomic E-state index is 0.341. The van der Waals surface area contributed by atoms with Crippen LogP contribution in [0.2, 0.25) is 0 Å². The van der Waals surface area contributed by atoms with E-state index in [2.05, 4.69) is 42.4 Å². The Bertz CT molecular complexity index is 491. The molecule has 1 heterocycles. The normalized spacial score (nSPS) is 21.3. The molecular formula is C15H20N2S. The Balaban J connectivity index is 1.72. The first kappa shape index (κ1) is 12.1. The molecule has 3 rings (SSSR count). The number of amidine groups is 1. The van der Waals surface area contributed by atoms with Gasteiger partial charge in [-0.15, -0.1) is 0 Å². The number of hydrogen-bond acceptors (Lipinski definition) is 3. The molecule has 18 heavy (non-hydrogen) atoms. The third kappa shape index (κ3) is 2.56. The maximum absolute atomic E-state index is 4.64. The first-order valence-electron chi connectivity index (χ1n) is 6.68. The van der Waals surface area contributed by atoms with Crippen LogP contribution in [0, 0.1) is 5.41 Å². The molecule has 2 aliphatic rings. The third-order valence-corrected chi connectivity index (χ3v) is 5.03. The number of hydrogen-bond donors (Lipinski definition) is 1. The summed E-state index contributed by atoms with van der Waals surface area (Å²) in [5.41, 5.74) is 4.58. The van der Waals surface area contributed by atoms with Gasteiger partial charge in [-0.3, -0.25) is 4.99 Å². The number of aliphatic imine (C=N–C) groups is 1. The smallest absolute Gasteiger partial charge is 0.161 e. The van der Waals surface area contributed by atoms with Crippen LogP contribution in [-0.2, 0) is 12.8 Å². The number of rotatable bonds is 1. The zero-order chi connectivity index (χ0) is 12.6. The lowest BCUT2D eigenvalue weighted by Gasteiger charge is -2.27. The molecular weight excluding hydrogens is 240 g/mol. The van der Waals surface area contributed by atoms with Crippen LogP contribution in [0.1, 0.15) is 31.4 Å². The van der Waals surface area contributed by atoms with Crippen molar-refractivity contribution in [2.24, 2.45) is 10.4 Å². The Labute approximate surface area is 113 Å². The summed E-state index contributed by atoms with van der Waals surface area (Å²) in [5, 5.41) is 4.54. The highest BCUT2D eigenvalue weighted by Gasteiger charge is 2.23. The van der Waals surface area contributed by atoms with E-state index in [1.807, 2.05) is 11.8 Å². The number of aryl methyl sites for hydroxylation is 2. The van der Waals surface area contributed by atoms with Crippen molar-refractivity contribution < 1.29 is 0 Å². The van der Waals surface area contributed by atoms with Gasteiger partial charge in [0.15, 0.2) is 5.17 Å². The van der Waals surface area contributed by atoms with Gasteiger partial charge in [-0.1, -0.05) is 31.7 Å². The van der Waals surface area contributed by atoms with Gasteiger partial charge in [0.05, 0.1) is 0 Å². The molecule has 0 fully saturated rings. The average Bonchev–Trinajstić information content (AvgIpc) is 2.79. The van der Waals surface area contributed by atoms with Crippen molar-refractivity contribution in [3.05, 3.63) is 29.3 Å². The number of benzene rings is 1. The van der Waals surface area contributed by atoms with E-state index in [1.54, 1.807) is 0 Å². The van der Waals surface area contributed by atoms with Gasteiger partial charge in [0, 0.05) is 18.0 Å². The van der Waals surface area contributed by atoms with Crippen LogP contribution >= 0.6 is 11.8 Å². The van der Waals surface area contributed by atoms with Crippen molar-refractivity contribution in [3.8, 4) is 0 Å². The highest BCUT2D eigenvalue weighted by Crippen LogP contribution is 2.29. The van der Waals surface area contributed by atoms with Crippen molar-refractivity contribution in [2.75, 3.05) is 17.6 Å². The van der Waals surface area contributed by atoms with Crippen molar-refractivity contribution in [3.63, 3.8) is 0 Å². The summed E-state index contributed by atoms with van der Waals surface area (Å²) in [4.78, 5) is 4.64. The zero-order valence-electron chi connectivity index (χ0n) is 11.1. The Morgan fingerprint density at radius 3 is 2.83 bits per heavy atom. The molecule has 1 aromatic carbocycles. The number of nitrogens with one attached hydrogen (secondary N) is 1. The van der Waals surface area contributed by atoms with Crippen LogP contribution in [0.4, 0.5) is 5.69 Å². The summed E-state index contributed by atoms with van der Waals surface area (Å²) >= 11 is 1.84. The lowest BCUT2D eigenvalue weighted by Crippen LogP contribution is -2.27. The maximum Gasteiger partial charge on any atom is 0.161 e. The predicted octanol–water partition coefficient (Wildman–Crippen LogP) is 3.72. The summed E-state index contributed by atoms with van der Waals surface area (Å²) < 4.78 is 0. The molecule has 0 unspecified atom stereocenters. The molecule has 0 radical (unpaired) electrons. The van der Waals surface area contributed by atoms with Crippen LogP contribution in [0.15, 0.2) is 23.2 Å². The molecule has 3 heteroatoms. The van der Waals surface area contributed by atoms with Gasteiger partial charge in [0.1, 0.15) is 0 Å². The van der Waals surface area contributed by atoms with E-state index in [9.17, 15) is 0 Å². The Morgan fingerprint density at radius 1 is 1.22 bits per heavy atom. The molecule has 1 aliphatic heterocycles. The molecule has 0 atom stereocenters. The van der Waals surface area contributed by atoms with E-state index in [-0.39, 0.29) is 0 Å². The Hall–Kier alpha value is -0.960. The fourth-order valence-corrected chi connectivity index (χ4v) is 3.45. The molecule has 0 saturated heterocycles. The van der Waals surface area contributed by atoms with Gasteiger partial charge < -0.3 is 5.32 Å². The molecule has 1 aliphatic carbocycles. The molecule has 1 N–H and O–H groups in total. The fraction of sp³-hybridized carbons (Fsp3) is 0.533. The summed E-state index contributed by atoms with van der Waals surface area (Å²) in [6.45, 7) is 5.47. The van der Waals surface area contributed by atoms with Crippen LogP contribution in [0.3, 0.4) is 0 Å². The quantitative estimate of drug-likeness (QED) is 0.832.